The van der Waals surface area contributed by atoms with Crippen LogP contribution in [0.25, 0.3) is 32.8 Å². The number of amides is 1. The monoisotopic (exact) mass is 401 g/mol. The van der Waals surface area contributed by atoms with Gasteiger partial charge in [-0.05, 0) is 65.8 Å². The lowest BCUT2D eigenvalue weighted by molar-refractivity contribution is -0.117. The standard InChI is InChI=1S/C22H16ClN5O/c1-11-2-20-15(9-26-28-20)5-16(11)12-3-13-7-21(25-10-18(13)19(23)6-12)27-22(29)17-4-14(17)8-24/h2-3,5-7,9-10,14,17H,4H2,1H3,(H,26,28)(H,25,27,29). The third kappa shape index (κ3) is 3.10. The van der Waals surface area contributed by atoms with E-state index in [1.807, 2.05) is 25.1 Å². The zero-order chi connectivity index (χ0) is 20.1. The summed E-state index contributed by atoms with van der Waals surface area (Å²) in [6.07, 6.45) is 4.07. The highest BCUT2D eigenvalue weighted by atomic mass is 35.5. The van der Waals surface area contributed by atoms with E-state index in [-0.39, 0.29) is 17.7 Å². The smallest absolute Gasteiger partial charge is 0.230 e. The first kappa shape index (κ1) is 17.7. The number of nitriles is 1. The first-order chi connectivity index (χ1) is 14.0. The van der Waals surface area contributed by atoms with Crippen molar-refractivity contribution >= 4 is 45.0 Å². The maximum Gasteiger partial charge on any atom is 0.230 e. The molecule has 1 saturated carbocycles. The van der Waals surface area contributed by atoms with Gasteiger partial charge in [0.2, 0.25) is 5.91 Å². The van der Waals surface area contributed by atoms with Gasteiger partial charge in [0.15, 0.2) is 0 Å². The number of hydrogen-bond donors (Lipinski definition) is 2. The fraction of sp³-hybridized carbons (Fsp3) is 0.182. The Morgan fingerprint density at radius 1 is 1.24 bits per heavy atom. The topological polar surface area (TPSA) is 94.5 Å². The van der Waals surface area contributed by atoms with Crippen molar-refractivity contribution in [1.82, 2.24) is 15.2 Å². The molecule has 0 saturated heterocycles. The zero-order valence-corrected chi connectivity index (χ0v) is 16.3. The Morgan fingerprint density at radius 2 is 2.10 bits per heavy atom. The average Bonchev–Trinajstić information content (AvgIpc) is 3.37. The summed E-state index contributed by atoms with van der Waals surface area (Å²) in [5.74, 6) is -0.123. The maximum absolute atomic E-state index is 12.2. The van der Waals surface area contributed by atoms with E-state index in [0.29, 0.717) is 17.3 Å². The number of hydrogen-bond acceptors (Lipinski definition) is 4. The molecule has 1 aliphatic carbocycles. The Balaban J connectivity index is 1.54. The van der Waals surface area contributed by atoms with Crippen molar-refractivity contribution in [1.29, 1.82) is 5.26 Å². The molecule has 2 N–H and O–H groups in total. The van der Waals surface area contributed by atoms with Gasteiger partial charge in [-0.3, -0.25) is 9.89 Å². The molecule has 2 aromatic carbocycles. The molecule has 1 fully saturated rings. The number of halogens is 1. The van der Waals surface area contributed by atoms with Gasteiger partial charge >= 0.3 is 0 Å². The average molecular weight is 402 g/mol. The molecule has 5 rings (SSSR count). The highest BCUT2D eigenvalue weighted by Gasteiger charge is 2.43. The predicted molar refractivity (Wildman–Crippen MR) is 112 cm³/mol. The minimum absolute atomic E-state index is 0.160. The van der Waals surface area contributed by atoms with Crippen molar-refractivity contribution in [3.05, 3.63) is 53.3 Å². The van der Waals surface area contributed by atoms with Crippen molar-refractivity contribution in [2.75, 3.05) is 5.32 Å². The van der Waals surface area contributed by atoms with Gasteiger partial charge in [0.1, 0.15) is 5.82 Å². The molecule has 0 radical (unpaired) electrons. The van der Waals surface area contributed by atoms with Crippen LogP contribution in [0.3, 0.4) is 0 Å². The minimum atomic E-state index is -0.239. The van der Waals surface area contributed by atoms with E-state index in [4.69, 9.17) is 16.9 Å². The lowest BCUT2D eigenvalue weighted by Gasteiger charge is -2.11. The quantitative estimate of drug-likeness (QED) is 0.513. The number of fused-ring (bicyclic) bond motifs is 2. The van der Waals surface area contributed by atoms with Crippen LogP contribution in [-0.4, -0.2) is 21.1 Å². The summed E-state index contributed by atoms with van der Waals surface area (Å²) in [5.41, 5.74) is 4.15. The van der Waals surface area contributed by atoms with Gasteiger partial charge in [-0.1, -0.05) is 11.6 Å². The molecule has 2 atom stereocenters. The lowest BCUT2D eigenvalue weighted by Crippen LogP contribution is -2.15. The number of carbonyl (C=O) groups excluding carboxylic acids is 1. The predicted octanol–water partition coefficient (Wildman–Crippen LogP) is 4.84. The second-order valence-corrected chi connectivity index (χ2v) is 7.85. The van der Waals surface area contributed by atoms with Crippen LogP contribution in [0, 0.1) is 30.1 Å². The number of pyridine rings is 1. The Kier molecular flexibility index (Phi) is 4.00. The number of benzene rings is 2. The summed E-state index contributed by atoms with van der Waals surface area (Å²) < 4.78 is 0. The molecule has 1 amide bonds. The van der Waals surface area contributed by atoms with Crippen molar-refractivity contribution < 1.29 is 4.79 Å². The molecular weight excluding hydrogens is 386 g/mol. The molecule has 2 heterocycles. The van der Waals surface area contributed by atoms with Crippen LogP contribution in [0.2, 0.25) is 5.02 Å². The Labute approximate surface area is 171 Å². The molecule has 1 aliphatic rings. The molecule has 2 aromatic heterocycles. The molecular formula is C22H16ClN5O. The van der Waals surface area contributed by atoms with Gasteiger partial charge in [0, 0.05) is 17.0 Å². The van der Waals surface area contributed by atoms with Crippen molar-refractivity contribution in [2.45, 2.75) is 13.3 Å². The van der Waals surface area contributed by atoms with Crippen LogP contribution >= 0.6 is 11.6 Å². The van der Waals surface area contributed by atoms with Gasteiger partial charge in [0.05, 0.1) is 34.6 Å². The van der Waals surface area contributed by atoms with Crippen LogP contribution in [-0.2, 0) is 4.79 Å². The van der Waals surface area contributed by atoms with E-state index in [9.17, 15) is 4.79 Å². The van der Waals surface area contributed by atoms with Gasteiger partial charge in [-0.25, -0.2) is 4.98 Å². The van der Waals surface area contributed by atoms with Gasteiger partial charge in [-0.2, -0.15) is 10.4 Å². The number of nitrogens with one attached hydrogen (secondary N) is 2. The summed E-state index contributed by atoms with van der Waals surface area (Å²) in [4.78, 5) is 16.6. The number of H-pyrrole nitrogens is 1. The number of anilines is 1. The van der Waals surface area contributed by atoms with Crippen molar-refractivity contribution in [3.8, 4) is 17.2 Å². The summed E-state index contributed by atoms with van der Waals surface area (Å²) in [6.45, 7) is 2.05. The molecule has 0 bridgehead atoms. The van der Waals surface area contributed by atoms with Crippen LogP contribution in [0.15, 0.2) is 42.7 Å². The molecule has 2 unspecified atom stereocenters. The number of aromatic nitrogens is 3. The normalized spacial score (nSPS) is 18.0. The molecule has 6 nitrogen and oxygen atoms in total. The van der Waals surface area contributed by atoms with E-state index in [0.717, 1.165) is 38.4 Å². The molecule has 7 heteroatoms. The van der Waals surface area contributed by atoms with Crippen LogP contribution in [0.4, 0.5) is 5.82 Å². The maximum atomic E-state index is 12.2. The van der Waals surface area contributed by atoms with Crippen molar-refractivity contribution in [3.63, 3.8) is 0 Å². The Morgan fingerprint density at radius 3 is 2.90 bits per heavy atom. The summed E-state index contributed by atoms with van der Waals surface area (Å²) in [7, 11) is 0. The Bertz CT molecular complexity index is 1340. The first-order valence-electron chi connectivity index (χ1n) is 9.27. The van der Waals surface area contributed by atoms with Gasteiger partial charge < -0.3 is 5.32 Å². The highest BCUT2D eigenvalue weighted by Crippen LogP contribution is 2.39. The fourth-order valence-electron chi connectivity index (χ4n) is 3.69. The van der Waals surface area contributed by atoms with E-state index in [1.54, 1.807) is 12.4 Å². The summed E-state index contributed by atoms with van der Waals surface area (Å²) >= 11 is 6.54. The summed E-state index contributed by atoms with van der Waals surface area (Å²) in [5, 5.41) is 22.1. The van der Waals surface area contributed by atoms with E-state index < -0.39 is 0 Å². The number of aryl methyl sites for hydroxylation is 1. The second-order valence-electron chi connectivity index (χ2n) is 7.44. The molecule has 4 aromatic rings. The van der Waals surface area contributed by atoms with Crippen LogP contribution < -0.4 is 5.32 Å². The van der Waals surface area contributed by atoms with E-state index >= 15 is 0 Å². The first-order valence-corrected chi connectivity index (χ1v) is 9.65. The second kappa shape index (κ2) is 6.57. The van der Waals surface area contributed by atoms with Gasteiger partial charge in [-0.15, -0.1) is 0 Å². The van der Waals surface area contributed by atoms with Crippen LogP contribution in [0.1, 0.15) is 12.0 Å². The highest BCUT2D eigenvalue weighted by molar-refractivity contribution is 6.36. The number of nitrogens with zero attached hydrogens (tertiary/aromatic N) is 3. The molecule has 0 aliphatic heterocycles. The number of carbonyl (C=O) groups is 1. The lowest BCUT2D eigenvalue weighted by atomic mass is 9.97. The van der Waals surface area contributed by atoms with Crippen molar-refractivity contribution in [2.24, 2.45) is 11.8 Å². The van der Waals surface area contributed by atoms with E-state index in [2.05, 4.69) is 38.7 Å². The van der Waals surface area contributed by atoms with E-state index in [1.165, 1.54) is 0 Å². The number of rotatable bonds is 3. The SMILES string of the molecule is Cc1cc2[nH]ncc2cc1-c1cc(Cl)c2cnc(NC(=O)C3CC3C#N)cc2c1. The Hall–Kier alpha value is -3.43. The third-order valence-corrected chi connectivity index (χ3v) is 5.74. The van der Waals surface area contributed by atoms with Crippen LogP contribution in [0.5, 0.6) is 0 Å². The fourth-order valence-corrected chi connectivity index (χ4v) is 3.97. The molecule has 29 heavy (non-hydrogen) atoms. The molecule has 0 spiro atoms. The minimum Gasteiger partial charge on any atom is -0.310 e. The largest absolute Gasteiger partial charge is 0.310 e. The molecule has 142 valence electrons. The third-order valence-electron chi connectivity index (χ3n) is 5.43. The van der Waals surface area contributed by atoms with Gasteiger partial charge in [0.25, 0.3) is 0 Å². The summed E-state index contributed by atoms with van der Waals surface area (Å²) in [6, 6.07) is 12.1. The zero-order valence-electron chi connectivity index (χ0n) is 15.5. The number of aromatic amines is 1.